The van der Waals surface area contributed by atoms with Crippen molar-refractivity contribution in [2.75, 3.05) is 0 Å². The van der Waals surface area contributed by atoms with Gasteiger partial charge in [0.2, 0.25) is 0 Å². The third-order valence-corrected chi connectivity index (χ3v) is 4.76. The highest BCUT2D eigenvalue weighted by Gasteiger charge is 1.99. The molecule has 0 N–H and O–H groups in total. The van der Waals surface area contributed by atoms with E-state index in [1.165, 1.54) is 0 Å². The molecule has 0 unspecified atom stereocenters. The maximum absolute atomic E-state index is 4.07. The second kappa shape index (κ2) is 2.45. The molecule has 0 atom stereocenters. The van der Waals surface area contributed by atoms with Gasteiger partial charge in [-0.2, -0.15) is 0 Å². The molecule has 0 aromatic heterocycles. The average molecular weight is 154 g/mol. The van der Waals surface area contributed by atoms with Gasteiger partial charge in [0.25, 0.3) is 0 Å². The van der Waals surface area contributed by atoms with Crippen LogP contribution in [0, 0.1) is 0 Å². The van der Waals surface area contributed by atoms with Gasteiger partial charge in [-0.15, -0.1) is 12.6 Å². The molecule has 34 valence electrons. The van der Waals surface area contributed by atoms with E-state index in [2.05, 4.69) is 12.6 Å². The lowest BCUT2D eigenvalue weighted by molar-refractivity contribution is 2.50. The van der Waals surface area contributed by atoms with Crippen molar-refractivity contribution in [2.24, 2.45) is 0 Å². The molecule has 0 aliphatic carbocycles. The summed E-state index contributed by atoms with van der Waals surface area (Å²) in [5.41, 5.74) is 0. The zero-order chi connectivity index (χ0) is 4.41. The Morgan fingerprint density at radius 1 is 1.67 bits per heavy atom. The molecule has 0 aromatic carbocycles. The minimum atomic E-state index is 1.12. The van der Waals surface area contributed by atoms with Crippen LogP contribution < -0.4 is 0 Å². The summed E-state index contributed by atoms with van der Waals surface area (Å²) in [5.74, 6) is 0. The lowest BCUT2D eigenvalue weighted by Gasteiger charge is -1.76. The van der Waals surface area contributed by atoms with Gasteiger partial charge in [-0.1, -0.05) is 10.8 Å². The van der Waals surface area contributed by atoms with Gasteiger partial charge in [0.15, 0.2) is 0 Å². The van der Waals surface area contributed by atoms with E-state index >= 15 is 0 Å². The molecule has 0 aromatic rings. The van der Waals surface area contributed by atoms with Crippen molar-refractivity contribution >= 4 is 44.0 Å². The van der Waals surface area contributed by atoms with Crippen molar-refractivity contribution in [1.29, 1.82) is 0 Å². The van der Waals surface area contributed by atoms with Gasteiger partial charge in [0, 0.05) is 5.41 Å². The average Bonchev–Trinajstić information content (AvgIpc) is 1.86. The van der Waals surface area contributed by atoms with Gasteiger partial charge in [-0.05, 0) is 20.6 Å². The van der Waals surface area contributed by atoms with Crippen LogP contribution >= 0.6 is 44.0 Å². The summed E-state index contributed by atoms with van der Waals surface area (Å²) in [7, 11) is 5.17. The molecule has 1 aliphatic rings. The Morgan fingerprint density at radius 2 is 2.50 bits per heavy atom. The fourth-order valence-corrected chi connectivity index (χ4v) is 4.46. The highest BCUT2D eigenvalue weighted by Crippen LogP contribution is 2.49. The van der Waals surface area contributed by atoms with Crippen LogP contribution in [0.4, 0.5) is 0 Å². The molecule has 1 heterocycles. The predicted octanol–water partition coefficient (Wildman–Crippen LogP) is 2.76. The number of thiol groups is 1. The number of rotatable bonds is 0. The first kappa shape index (κ1) is 5.28. The molecule has 0 radical (unpaired) electrons. The van der Waals surface area contributed by atoms with Gasteiger partial charge in [-0.25, -0.2) is 0 Å². The summed E-state index contributed by atoms with van der Waals surface area (Å²) in [6, 6.07) is 0. The summed E-state index contributed by atoms with van der Waals surface area (Å²) < 4.78 is 1.12. The quantitative estimate of drug-likeness (QED) is 0.421. The number of hydrogen-bond donors (Lipinski definition) is 1. The molecule has 0 amide bonds. The third-order valence-electron chi connectivity index (χ3n) is 0.308. The van der Waals surface area contributed by atoms with E-state index < -0.39 is 0 Å². The van der Waals surface area contributed by atoms with E-state index in [9.17, 15) is 0 Å². The zero-order valence-electron chi connectivity index (χ0n) is 2.75. The summed E-state index contributed by atoms with van der Waals surface area (Å²) in [5, 5.41) is 2.03. The third kappa shape index (κ3) is 1.33. The SMILES string of the molecule is SC1=CSSS1. The van der Waals surface area contributed by atoms with E-state index in [-0.39, 0.29) is 0 Å². The summed E-state index contributed by atoms with van der Waals surface area (Å²) >= 11 is 4.07. The molecular formula is C2H2S4. The summed E-state index contributed by atoms with van der Waals surface area (Å²) in [4.78, 5) is 0. The van der Waals surface area contributed by atoms with Gasteiger partial charge in [0.05, 0.1) is 4.24 Å². The number of hydrogen-bond acceptors (Lipinski definition) is 4. The maximum Gasteiger partial charge on any atom is 0.0560 e. The Balaban J connectivity index is 2.45. The van der Waals surface area contributed by atoms with Crippen molar-refractivity contribution in [1.82, 2.24) is 0 Å². The zero-order valence-corrected chi connectivity index (χ0v) is 6.09. The first-order valence-corrected chi connectivity index (χ1v) is 5.28. The van der Waals surface area contributed by atoms with E-state index in [4.69, 9.17) is 0 Å². The molecule has 1 aliphatic heterocycles. The summed E-state index contributed by atoms with van der Waals surface area (Å²) in [6.07, 6.45) is 0. The normalized spacial score (nSPS) is 21.2. The van der Waals surface area contributed by atoms with Crippen molar-refractivity contribution < 1.29 is 0 Å². The Morgan fingerprint density at radius 3 is 2.67 bits per heavy atom. The molecule has 6 heavy (non-hydrogen) atoms. The second-order valence-corrected chi connectivity index (χ2v) is 5.37. The van der Waals surface area contributed by atoms with Gasteiger partial charge >= 0.3 is 0 Å². The lowest BCUT2D eigenvalue weighted by Crippen LogP contribution is -1.36. The minimum Gasteiger partial charge on any atom is -0.135 e. The van der Waals surface area contributed by atoms with Gasteiger partial charge < -0.3 is 0 Å². The summed E-state index contributed by atoms with van der Waals surface area (Å²) in [6.45, 7) is 0. The maximum atomic E-state index is 4.07. The van der Waals surface area contributed by atoms with Crippen molar-refractivity contribution in [3.05, 3.63) is 9.65 Å². The van der Waals surface area contributed by atoms with Crippen molar-refractivity contribution in [3.63, 3.8) is 0 Å². The van der Waals surface area contributed by atoms with Crippen molar-refractivity contribution in [2.45, 2.75) is 0 Å². The monoisotopic (exact) mass is 154 g/mol. The predicted molar refractivity (Wildman–Crippen MR) is 39.8 cm³/mol. The van der Waals surface area contributed by atoms with E-state index in [0.29, 0.717) is 0 Å². The van der Waals surface area contributed by atoms with Crippen LogP contribution in [0.15, 0.2) is 9.65 Å². The van der Waals surface area contributed by atoms with Crippen LogP contribution in [0.2, 0.25) is 0 Å². The molecular weight excluding hydrogens is 152 g/mol. The molecule has 0 nitrogen and oxygen atoms in total. The lowest BCUT2D eigenvalue weighted by atomic mass is 11.2. The van der Waals surface area contributed by atoms with Crippen LogP contribution in [-0.2, 0) is 0 Å². The Kier molecular flexibility index (Phi) is 2.15. The fraction of sp³-hybridized carbons (Fsp3) is 0. The van der Waals surface area contributed by atoms with Crippen LogP contribution in [0.5, 0.6) is 0 Å². The van der Waals surface area contributed by atoms with E-state index in [1.54, 1.807) is 31.4 Å². The minimum absolute atomic E-state index is 1.12. The van der Waals surface area contributed by atoms with Crippen molar-refractivity contribution in [3.8, 4) is 0 Å². The molecule has 0 saturated heterocycles. The van der Waals surface area contributed by atoms with Gasteiger partial charge in [-0.3, -0.25) is 0 Å². The van der Waals surface area contributed by atoms with Crippen LogP contribution in [0.3, 0.4) is 0 Å². The highest BCUT2D eigenvalue weighted by atomic mass is 33.5. The molecule has 0 spiro atoms. The molecule has 0 fully saturated rings. The largest absolute Gasteiger partial charge is 0.135 e. The second-order valence-electron chi connectivity index (χ2n) is 0.704. The first-order valence-electron chi connectivity index (χ1n) is 1.29. The first-order chi connectivity index (χ1) is 2.89. The van der Waals surface area contributed by atoms with E-state index in [0.717, 1.165) is 4.24 Å². The molecule has 0 saturated carbocycles. The Labute approximate surface area is 53.7 Å². The van der Waals surface area contributed by atoms with Crippen LogP contribution in [0.25, 0.3) is 0 Å². The fourth-order valence-electron chi connectivity index (χ4n) is 0.135. The molecule has 1 rings (SSSR count). The highest BCUT2D eigenvalue weighted by molar-refractivity contribution is 9.12. The molecule has 4 heteroatoms. The Hall–Kier alpha value is 1.14. The standard InChI is InChI=1S/C2H2S4/c3-2-1-4-6-5-2/h1,3H. The van der Waals surface area contributed by atoms with Gasteiger partial charge in [0.1, 0.15) is 0 Å². The Bertz CT molecular complexity index is 75.6. The van der Waals surface area contributed by atoms with E-state index in [1.807, 2.05) is 5.41 Å². The smallest absolute Gasteiger partial charge is 0.0560 e. The van der Waals surface area contributed by atoms with Crippen LogP contribution in [-0.4, -0.2) is 0 Å². The molecule has 0 bridgehead atoms. The van der Waals surface area contributed by atoms with Crippen LogP contribution in [0.1, 0.15) is 0 Å². The topological polar surface area (TPSA) is 0 Å².